The third-order valence-corrected chi connectivity index (χ3v) is 6.12. The molecule has 1 aliphatic carbocycles. The van der Waals surface area contributed by atoms with Crippen LogP contribution in [0, 0.1) is 17.8 Å². The minimum absolute atomic E-state index is 0.0849. The third kappa shape index (κ3) is 12.0. The molecule has 0 amide bonds. The summed E-state index contributed by atoms with van der Waals surface area (Å²) in [7, 11) is 0. The van der Waals surface area contributed by atoms with Crippen molar-refractivity contribution >= 4 is 5.97 Å². The molecule has 0 N–H and O–H groups in total. The summed E-state index contributed by atoms with van der Waals surface area (Å²) in [4.78, 5) is 11.4. The molecule has 0 aliphatic heterocycles. The lowest BCUT2D eigenvalue weighted by Gasteiger charge is -2.16. The quantitative estimate of drug-likeness (QED) is 0.193. The standard InChI is InChI=1S/C23H41F3O2/c1-4-5-9-12-18(2)15-16-21-17-20(21)13-10-7-6-8-11-14-22(27)28-19(3)23(24,25)26/h18-21H,4-17H2,1-3H3. The number of alkyl halides is 3. The second kappa shape index (κ2) is 13.5. The molecule has 28 heavy (non-hydrogen) atoms. The average molecular weight is 407 g/mol. The predicted molar refractivity (Wildman–Crippen MR) is 108 cm³/mol. The van der Waals surface area contributed by atoms with Gasteiger partial charge >= 0.3 is 12.1 Å². The van der Waals surface area contributed by atoms with Crippen molar-refractivity contribution < 1.29 is 22.7 Å². The lowest BCUT2D eigenvalue weighted by molar-refractivity contribution is -0.216. The van der Waals surface area contributed by atoms with Gasteiger partial charge in [-0.05, 0) is 43.9 Å². The summed E-state index contributed by atoms with van der Waals surface area (Å²) >= 11 is 0. The number of esters is 1. The minimum atomic E-state index is -4.47. The normalized spacial score (nSPS) is 21.4. The van der Waals surface area contributed by atoms with Crippen molar-refractivity contribution in [3.8, 4) is 0 Å². The number of rotatable bonds is 16. The highest BCUT2D eigenvalue weighted by molar-refractivity contribution is 5.69. The molecule has 166 valence electrons. The highest BCUT2D eigenvalue weighted by Gasteiger charge is 2.39. The molecule has 1 aliphatic rings. The number of halogens is 3. The molecule has 0 heterocycles. The average Bonchev–Trinajstić information content (AvgIpc) is 3.37. The van der Waals surface area contributed by atoms with E-state index in [2.05, 4.69) is 18.6 Å². The molecule has 0 spiro atoms. The van der Waals surface area contributed by atoms with Gasteiger partial charge in [-0.15, -0.1) is 0 Å². The molecule has 0 aromatic rings. The van der Waals surface area contributed by atoms with Crippen LogP contribution in [0.4, 0.5) is 13.2 Å². The van der Waals surface area contributed by atoms with Gasteiger partial charge in [-0.1, -0.05) is 78.1 Å². The summed E-state index contributed by atoms with van der Waals surface area (Å²) in [5, 5.41) is 0. The molecular formula is C23H41F3O2. The van der Waals surface area contributed by atoms with Crippen LogP contribution >= 0.6 is 0 Å². The molecule has 0 bridgehead atoms. The summed E-state index contributed by atoms with van der Waals surface area (Å²) in [5.41, 5.74) is 0. The summed E-state index contributed by atoms with van der Waals surface area (Å²) in [6.45, 7) is 5.52. The fraction of sp³-hybridized carbons (Fsp3) is 0.957. The van der Waals surface area contributed by atoms with Crippen molar-refractivity contribution in [3.63, 3.8) is 0 Å². The van der Waals surface area contributed by atoms with E-state index in [1.807, 2.05) is 0 Å². The molecule has 4 atom stereocenters. The van der Waals surface area contributed by atoms with E-state index in [0.29, 0.717) is 6.42 Å². The molecule has 1 saturated carbocycles. The van der Waals surface area contributed by atoms with Crippen molar-refractivity contribution in [2.45, 2.75) is 123 Å². The second-order valence-electron chi connectivity index (χ2n) is 8.91. The zero-order valence-corrected chi connectivity index (χ0v) is 18.2. The monoisotopic (exact) mass is 406 g/mol. The van der Waals surface area contributed by atoms with Crippen LogP contribution in [0.25, 0.3) is 0 Å². The van der Waals surface area contributed by atoms with Gasteiger partial charge in [-0.2, -0.15) is 13.2 Å². The van der Waals surface area contributed by atoms with Crippen molar-refractivity contribution in [1.29, 1.82) is 0 Å². The van der Waals surface area contributed by atoms with Crippen LogP contribution in [0.2, 0.25) is 0 Å². The Bertz CT molecular complexity index is 423. The van der Waals surface area contributed by atoms with Crippen LogP contribution in [0.15, 0.2) is 0 Å². The summed E-state index contributed by atoms with van der Waals surface area (Å²) in [5.74, 6) is 2.02. The third-order valence-electron chi connectivity index (χ3n) is 6.12. The Morgan fingerprint density at radius 3 is 2.25 bits per heavy atom. The van der Waals surface area contributed by atoms with Gasteiger partial charge in [0.15, 0.2) is 6.10 Å². The highest BCUT2D eigenvalue weighted by atomic mass is 19.4. The van der Waals surface area contributed by atoms with Gasteiger partial charge in [0.2, 0.25) is 0 Å². The number of ether oxygens (including phenoxy) is 1. The molecule has 0 aromatic heterocycles. The Kier molecular flexibility index (Phi) is 12.2. The first-order valence-corrected chi connectivity index (χ1v) is 11.5. The van der Waals surface area contributed by atoms with Gasteiger partial charge in [-0.25, -0.2) is 0 Å². The summed E-state index contributed by atoms with van der Waals surface area (Å²) in [6.07, 6.45) is 9.50. The molecule has 0 saturated heterocycles. The molecule has 0 radical (unpaired) electrons. The summed E-state index contributed by atoms with van der Waals surface area (Å²) in [6, 6.07) is 0. The Hall–Kier alpha value is -0.740. The molecule has 1 rings (SSSR count). The van der Waals surface area contributed by atoms with Crippen LogP contribution in [-0.4, -0.2) is 18.2 Å². The number of carbonyl (C=O) groups excluding carboxylic acids is 1. The first-order chi connectivity index (χ1) is 13.2. The molecular weight excluding hydrogens is 365 g/mol. The maximum atomic E-state index is 12.3. The van der Waals surface area contributed by atoms with Crippen molar-refractivity contribution in [2.75, 3.05) is 0 Å². The number of hydrogen-bond acceptors (Lipinski definition) is 2. The minimum Gasteiger partial charge on any atom is -0.453 e. The maximum Gasteiger partial charge on any atom is 0.425 e. The van der Waals surface area contributed by atoms with Crippen molar-refractivity contribution in [1.82, 2.24) is 0 Å². The van der Waals surface area contributed by atoms with Gasteiger partial charge in [0.25, 0.3) is 0 Å². The van der Waals surface area contributed by atoms with Gasteiger partial charge in [0.1, 0.15) is 0 Å². The molecule has 1 fully saturated rings. The molecule has 4 unspecified atom stereocenters. The van der Waals surface area contributed by atoms with E-state index < -0.39 is 18.2 Å². The van der Waals surface area contributed by atoms with Crippen LogP contribution < -0.4 is 0 Å². The lowest BCUT2D eigenvalue weighted by Crippen LogP contribution is -2.30. The van der Waals surface area contributed by atoms with Gasteiger partial charge in [0, 0.05) is 6.42 Å². The summed E-state index contributed by atoms with van der Waals surface area (Å²) < 4.78 is 41.3. The first kappa shape index (κ1) is 25.3. The lowest BCUT2D eigenvalue weighted by atomic mass is 9.96. The van der Waals surface area contributed by atoms with E-state index in [4.69, 9.17) is 0 Å². The highest BCUT2D eigenvalue weighted by Crippen LogP contribution is 2.46. The zero-order chi connectivity index (χ0) is 21.0. The van der Waals surface area contributed by atoms with E-state index in [-0.39, 0.29) is 6.42 Å². The smallest absolute Gasteiger partial charge is 0.425 e. The maximum absolute atomic E-state index is 12.3. The van der Waals surface area contributed by atoms with Crippen molar-refractivity contribution in [2.24, 2.45) is 17.8 Å². The van der Waals surface area contributed by atoms with E-state index in [1.165, 1.54) is 57.8 Å². The second-order valence-corrected chi connectivity index (χ2v) is 8.91. The number of hydrogen-bond donors (Lipinski definition) is 0. The SMILES string of the molecule is CCCCCC(C)CCC1CC1CCCCCCCC(=O)OC(C)C(F)(F)F. The Morgan fingerprint density at radius 2 is 1.57 bits per heavy atom. The van der Waals surface area contributed by atoms with E-state index in [0.717, 1.165) is 43.9 Å². The van der Waals surface area contributed by atoms with Crippen molar-refractivity contribution in [3.05, 3.63) is 0 Å². The van der Waals surface area contributed by atoms with Gasteiger partial charge < -0.3 is 4.74 Å². The van der Waals surface area contributed by atoms with E-state index >= 15 is 0 Å². The topological polar surface area (TPSA) is 26.3 Å². The van der Waals surface area contributed by atoms with Crippen LogP contribution in [0.5, 0.6) is 0 Å². The molecule has 0 aromatic carbocycles. The van der Waals surface area contributed by atoms with E-state index in [9.17, 15) is 18.0 Å². The Morgan fingerprint density at radius 1 is 0.929 bits per heavy atom. The van der Waals surface area contributed by atoms with Gasteiger partial charge in [0.05, 0.1) is 0 Å². The Labute approximate surface area is 170 Å². The fourth-order valence-corrected chi connectivity index (χ4v) is 3.93. The first-order valence-electron chi connectivity index (χ1n) is 11.5. The predicted octanol–water partition coefficient (Wildman–Crippen LogP) is 7.84. The number of unbranched alkanes of at least 4 members (excludes halogenated alkanes) is 6. The largest absolute Gasteiger partial charge is 0.453 e. The molecule has 5 heteroatoms. The van der Waals surface area contributed by atoms with E-state index in [1.54, 1.807) is 0 Å². The number of carbonyl (C=O) groups is 1. The van der Waals surface area contributed by atoms with Crippen LogP contribution in [0.1, 0.15) is 111 Å². The Balaban J connectivity index is 1.90. The fourth-order valence-electron chi connectivity index (χ4n) is 3.93. The van der Waals surface area contributed by atoms with Gasteiger partial charge in [-0.3, -0.25) is 4.79 Å². The molecule has 2 nitrogen and oxygen atoms in total. The van der Waals surface area contributed by atoms with Crippen LogP contribution in [-0.2, 0) is 9.53 Å². The zero-order valence-electron chi connectivity index (χ0n) is 18.2. The van der Waals surface area contributed by atoms with Crippen LogP contribution in [0.3, 0.4) is 0 Å².